The first-order valence-electron chi connectivity index (χ1n) is 7.56. The minimum absolute atomic E-state index is 0.522. The third-order valence-electron chi connectivity index (χ3n) is 4.06. The molecule has 0 spiro atoms. The Kier molecular flexibility index (Phi) is 4.79. The molecule has 2 rings (SSSR count). The van der Waals surface area contributed by atoms with Gasteiger partial charge in [-0.15, -0.1) is 0 Å². The first-order valence-corrected chi connectivity index (χ1v) is 7.56. The van der Waals surface area contributed by atoms with Gasteiger partial charge in [0.25, 0.3) is 0 Å². The normalized spacial score (nSPS) is 13.6. The summed E-state index contributed by atoms with van der Waals surface area (Å²) in [6, 6.07) is 14.3. The van der Waals surface area contributed by atoms with Gasteiger partial charge in [-0.3, -0.25) is 0 Å². The number of rotatable bonds is 6. The van der Waals surface area contributed by atoms with Crippen LogP contribution in [-0.2, 0) is 0 Å². The molecule has 20 heavy (non-hydrogen) atoms. The number of nitrogens with two attached hydrogens (primary N) is 1. The lowest BCUT2D eigenvalue weighted by Crippen LogP contribution is -2.45. The Morgan fingerprint density at radius 1 is 1.00 bits per heavy atom. The molecule has 0 radical (unpaired) electrons. The average molecular weight is 271 g/mol. The van der Waals surface area contributed by atoms with E-state index in [1.807, 2.05) is 18.2 Å². The van der Waals surface area contributed by atoms with Crippen molar-refractivity contribution >= 4 is 10.8 Å². The molecule has 2 nitrogen and oxygen atoms in total. The van der Waals surface area contributed by atoms with E-state index in [2.05, 4.69) is 38.1 Å². The number of aliphatic hydroxyl groups is 1. The van der Waals surface area contributed by atoms with Gasteiger partial charge in [0.1, 0.15) is 0 Å². The molecule has 2 heteroatoms. The van der Waals surface area contributed by atoms with E-state index in [-0.39, 0.29) is 0 Å². The number of fused-ring (bicyclic) bond motifs is 1. The molecule has 1 atom stereocenters. The topological polar surface area (TPSA) is 46.2 Å². The van der Waals surface area contributed by atoms with Crippen molar-refractivity contribution < 1.29 is 5.11 Å². The van der Waals surface area contributed by atoms with Crippen LogP contribution in [0.1, 0.15) is 51.2 Å². The molecule has 2 aromatic rings. The summed E-state index contributed by atoms with van der Waals surface area (Å²) in [4.78, 5) is 0. The Morgan fingerprint density at radius 2 is 1.60 bits per heavy atom. The van der Waals surface area contributed by atoms with Crippen LogP contribution in [0.3, 0.4) is 0 Å². The van der Waals surface area contributed by atoms with Crippen LogP contribution in [0.4, 0.5) is 0 Å². The molecule has 0 saturated heterocycles. The Bertz CT molecular complexity index is 558. The molecular weight excluding hydrogens is 246 g/mol. The van der Waals surface area contributed by atoms with Gasteiger partial charge in [0, 0.05) is 5.54 Å². The highest BCUT2D eigenvalue weighted by Gasteiger charge is 2.33. The molecule has 3 N–H and O–H groups in total. The Morgan fingerprint density at radius 3 is 2.20 bits per heavy atom. The molecule has 0 amide bonds. The average Bonchev–Trinajstić information content (AvgIpc) is 2.46. The Hall–Kier alpha value is -1.38. The van der Waals surface area contributed by atoms with Gasteiger partial charge in [-0.2, -0.15) is 0 Å². The zero-order chi connectivity index (χ0) is 14.6. The van der Waals surface area contributed by atoms with E-state index < -0.39 is 11.6 Å². The molecule has 0 aliphatic rings. The second kappa shape index (κ2) is 6.38. The molecule has 0 aliphatic carbocycles. The molecule has 0 saturated carbocycles. The van der Waals surface area contributed by atoms with E-state index in [1.165, 1.54) is 5.39 Å². The molecule has 0 aliphatic heterocycles. The highest BCUT2D eigenvalue weighted by Crippen LogP contribution is 2.33. The van der Waals surface area contributed by atoms with E-state index >= 15 is 0 Å². The lowest BCUT2D eigenvalue weighted by molar-refractivity contribution is 0.0709. The second-order valence-electron chi connectivity index (χ2n) is 5.74. The van der Waals surface area contributed by atoms with E-state index in [1.54, 1.807) is 0 Å². The summed E-state index contributed by atoms with van der Waals surface area (Å²) < 4.78 is 0. The second-order valence-corrected chi connectivity index (χ2v) is 5.74. The molecule has 1 unspecified atom stereocenters. The summed E-state index contributed by atoms with van der Waals surface area (Å²) in [6.07, 6.45) is 3.05. The van der Waals surface area contributed by atoms with Crippen LogP contribution in [0.2, 0.25) is 0 Å². The van der Waals surface area contributed by atoms with Crippen LogP contribution in [0.25, 0.3) is 10.8 Å². The van der Waals surface area contributed by atoms with E-state index in [9.17, 15) is 5.11 Å². The van der Waals surface area contributed by atoms with Gasteiger partial charge in [-0.05, 0) is 35.2 Å². The standard InChI is InChI=1S/C18H25NO/c1-3-11-18(19,12-4-2)17(20)16-10-9-14-7-5-6-8-15(14)13-16/h5-10,13,17,20H,3-4,11-12,19H2,1-2H3. The van der Waals surface area contributed by atoms with Gasteiger partial charge in [-0.1, -0.05) is 63.1 Å². The third-order valence-corrected chi connectivity index (χ3v) is 4.06. The smallest absolute Gasteiger partial charge is 0.0969 e. The summed E-state index contributed by atoms with van der Waals surface area (Å²) in [6.45, 7) is 4.23. The highest BCUT2D eigenvalue weighted by molar-refractivity contribution is 5.83. The van der Waals surface area contributed by atoms with Gasteiger partial charge in [0.05, 0.1) is 6.10 Å². The van der Waals surface area contributed by atoms with Crippen LogP contribution >= 0.6 is 0 Å². The third kappa shape index (κ3) is 3.02. The van der Waals surface area contributed by atoms with Crippen LogP contribution in [0.15, 0.2) is 42.5 Å². The van der Waals surface area contributed by atoms with E-state index in [0.717, 1.165) is 36.6 Å². The Balaban J connectivity index is 2.35. The molecule has 0 fully saturated rings. The van der Waals surface area contributed by atoms with Crippen LogP contribution < -0.4 is 5.73 Å². The van der Waals surface area contributed by atoms with Crippen molar-refractivity contribution in [2.24, 2.45) is 5.73 Å². The van der Waals surface area contributed by atoms with Crippen molar-refractivity contribution in [3.8, 4) is 0 Å². The summed E-state index contributed by atoms with van der Waals surface area (Å²) in [5, 5.41) is 13.1. The lowest BCUT2D eigenvalue weighted by atomic mass is 9.81. The zero-order valence-corrected chi connectivity index (χ0v) is 12.5. The summed E-state index contributed by atoms with van der Waals surface area (Å²) in [5.74, 6) is 0. The quantitative estimate of drug-likeness (QED) is 0.828. The molecule has 0 aromatic heterocycles. The maximum Gasteiger partial charge on any atom is 0.0969 e. The molecule has 2 aromatic carbocycles. The van der Waals surface area contributed by atoms with Gasteiger partial charge < -0.3 is 10.8 Å². The maximum atomic E-state index is 10.7. The van der Waals surface area contributed by atoms with Gasteiger partial charge in [-0.25, -0.2) is 0 Å². The predicted octanol–water partition coefficient (Wildman–Crippen LogP) is 4.17. The number of benzene rings is 2. The van der Waals surface area contributed by atoms with Crippen LogP contribution in [-0.4, -0.2) is 10.6 Å². The SMILES string of the molecule is CCCC(N)(CCC)C(O)c1ccc2ccccc2c1. The maximum absolute atomic E-state index is 10.7. The minimum Gasteiger partial charge on any atom is -0.386 e. The first kappa shape index (κ1) is 15.0. The summed E-state index contributed by atoms with van der Waals surface area (Å²) in [7, 11) is 0. The fourth-order valence-corrected chi connectivity index (χ4v) is 3.04. The van der Waals surface area contributed by atoms with Crippen molar-refractivity contribution in [1.29, 1.82) is 0 Å². The highest BCUT2D eigenvalue weighted by atomic mass is 16.3. The van der Waals surface area contributed by atoms with Gasteiger partial charge >= 0.3 is 0 Å². The van der Waals surface area contributed by atoms with E-state index in [4.69, 9.17) is 5.73 Å². The van der Waals surface area contributed by atoms with Crippen LogP contribution in [0.5, 0.6) is 0 Å². The van der Waals surface area contributed by atoms with Crippen molar-refractivity contribution in [1.82, 2.24) is 0 Å². The van der Waals surface area contributed by atoms with Crippen LogP contribution in [0, 0.1) is 0 Å². The molecule has 0 bridgehead atoms. The minimum atomic E-state index is -0.605. The van der Waals surface area contributed by atoms with Crippen molar-refractivity contribution in [2.75, 3.05) is 0 Å². The molecule has 0 heterocycles. The number of aliphatic hydroxyl groups excluding tert-OH is 1. The van der Waals surface area contributed by atoms with Crippen molar-refractivity contribution in [2.45, 2.75) is 51.2 Å². The Labute approximate surface area is 121 Å². The lowest BCUT2D eigenvalue weighted by Gasteiger charge is -2.34. The number of hydrogen-bond acceptors (Lipinski definition) is 2. The summed E-state index contributed by atoms with van der Waals surface area (Å²) in [5.41, 5.74) is 6.89. The zero-order valence-electron chi connectivity index (χ0n) is 12.5. The predicted molar refractivity (Wildman–Crippen MR) is 85.6 cm³/mol. The molecular formula is C18H25NO. The fourth-order valence-electron chi connectivity index (χ4n) is 3.04. The van der Waals surface area contributed by atoms with Gasteiger partial charge in [0.2, 0.25) is 0 Å². The first-order chi connectivity index (χ1) is 9.60. The fraction of sp³-hybridized carbons (Fsp3) is 0.444. The van der Waals surface area contributed by atoms with E-state index in [0.29, 0.717) is 0 Å². The van der Waals surface area contributed by atoms with Crippen molar-refractivity contribution in [3.63, 3.8) is 0 Å². The van der Waals surface area contributed by atoms with Gasteiger partial charge in [0.15, 0.2) is 0 Å². The largest absolute Gasteiger partial charge is 0.386 e. The van der Waals surface area contributed by atoms with Crippen molar-refractivity contribution in [3.05, 3.63) is 48.0 Å². The monoisotopic (exact) mass is 271 g/mol. The number of hydrogen-bond donors (Lipinski definition) is 2. The molecule has 108 valence electrons. The summed E-state index contributed by atoms with van der Waals surface area (Å²) >= 11 is 0.